The first-order valence-electron chi connectivity index (χ1n) is 0.783. The second-order valence-corrected chi connectivity index (χ2v) is 1.54. The van der Waals surface area contributed by atoms with Crippen LogP contribution in [0.1, 0.15) is 0 Å². The molecule has 0 rings (SSSR count). The summed E-state index contributed by atoms with van der Waals surface area (Å²) < 4.78 is 8.88. The third kappa shape index (κ3) is 73.0. The van der Waals surface area contributed by atoms with E-state index in [0.29, 0.717) is 0 Å². The van der Waals surface area contributed by atoms with E-state index in [2.05, 4.69) is 0 Å². The van der Waals surface area contributed by atoms with Crippen LogP contribution in [-0.4, -0.2) is 50.9 Å². The normalized spacial score (nSPS) is 7.38. The zero-order valence-electron chi connectivity index (χ0n) is 2.70. The predicted octanol–water partition coefficient (Wildman–Crippen LogP) is -2.76. The van der Waals surface area contributed by atoms with Gasteiger partial charge in [0.1, 0.15) is 0 Å². The summed E-state index contributed by atoms with van der Waals surface area (Å²) in [7, 11) is -4.64. The van der Waals surface area contributed by atoms with Crippen molar-refractivity contribution in [3.8, 4) is 0 Å². The Kier molecular flexibility index (Phi) is 27.0. The monoisotopic (exact) mass is 276 g/mol. The summed E-state index contributed by atoms with van der Waals surface area (Å²) in [4.78, 5) is 21.6. The van der Waals surface area contributed by atoms with Gasteiger partial charge in [-0.15, -0.1) is 0 Å². The van der Waals surface area contributed by atoms with E-state index in [9.17, 15) is 0 Å². The third-order valence-corrected chi connectivity index (χ3v) is 0. The van der Waals surface area contributed by atoms with Crippen molar-refractivity contribution in [1.29, 1.82) is 0 Å². The molecule has 0 aliphatic rings. The van der Waals surface area contributed by atoms with Crippen molar-refractivity contribution in [2.24, 2.45) is 0 Å². The van der Waals surface area contributed by atoms with Crippen molar-refractivity contribution in [3.63, 3.8) is 0 Å². The summed E-state index contributed by atoms with van der Waals surface area (Å²) in [6, 6.07) is 0. The summed E-state index contributed by atoms with van der Waals surface area (Å²) >= 11 is 0. The van der Waals surface area contributed by atoms with Crippen LogP contribution in [0.15, 0.2) is 0 Å². The number of hydrogen-bond acceptors (Lipinski definition) is 1. The number of hydrogen-bond donors (Lipinski definition) is 3. The van der Waals surface area contributed by atoms with Gasteiger partial charge in [0.15, 0.2) is 17.4 Å². The maximum absolute atomic E-state index is 8.88. The first kappa shape index (κ1) is 22.4. The Morgan fingerprint density at radius 1 is 1.12 bits per heavy atom. The molecule has 0 aromatic rings. The summed E-state index contributed by atoms with van der Waals surface area (Å²) in [5, 5.41) is 0. The molecule has 3 N–H and O–H groups in total. The Morgan fingerprint density at radius 3 is 1.12 bits per heavy atom. The van der Waals surface area contributed by atoms with E-state index in [1.165, 1.54) is 0 Å². The summed E-state index contributed by atoms with van der Waals surface area (Å²) in [5.41, 5.74) is 0. The van der Waals surface area contributed by atoms with E-state index in [-0.39, 0.29) is 78.0 Å². The van der Waals surface area contributed by atoms with Crippen molar-refractivity contribution in [2.75, 3.05) is 0 Å². The zero-order chi connectivity index (χ0) is 4.50. The Morgan fingerprint density at radius 2 is 1.12 bits per heavy atom. The zero-order valence-corrected chi connectivity index (χ0v) is 6.73. The van der Waals surface area contributed by atoms with Crippen molar-refractivity contribution >= 4 is 44.0 Å². The van der Waals surface area contributed by atoms with E-state index < -0.39 is 7.82 Å². The van der Waals surface area contributed by atoms with Gasteiger partial charge >= 0.3 is 26.7 Å². The molecule has 4 nitrogen and oxygen atoms in total. The maximum atomic E-state index is 8.88. The van der Waals surface area contributed by atoms with Gasteiger partial charge in [0.05, 0.1) is 0 Å². The molecule has 0 amide bonds. The van der Waals surface area contributed by atoms with Crippen LogP contribution in [0.2, 0.25) is 0 Å². The summed E-state index contributed by atoms with van der Waals surface area (Å²) in [6.45, 7) is 0. The van der Waals surface area contributed by atoms with E-state index in [4.69, 9.17) is 19.2 Å². The van der Waals surface area contributed by atoms with Crippen LogP contribution < -0.4 is 0 Å². The molecule has 0 atom stereocenters. The molecule has 0 saturated heterocycles. The van der Waals surface area contributed by atoms with Gasteiger partial charge in [-0.3, -0.25) is 0 Å². The fourth-order valence-corrected chi connectivity index (χ4v) is 0. The van der Waals surface area contributed by atoms with Crippen LogP contribution in [-0.2, 0) is 4.57 Å². The van der Waals surface area contributed by atoms with Crippen LogP contribution in [0, 0.1) is 41.7 Å². The van der Waals surface area contributed by atoms with E-state index in [0.717, 1.165) is 0 Å². The van der Waals surface area contributed by atoms with Crippen LogP contribution in [0.5, 0.6) is 0 Å². The Bertz CT molecular complexity index is 62.2. The van der Waals surface area contributed by atoms with Gasteiger partial charge < -0.3 is 14.7 Å². The van der Waals surface area contributed by atoms with Crippen molar-refractivity contribution in [1.82, 2.24) is 0 Å². The SMILES string of the molecule is O=P(O)(O)O.[AlH3].[Ce].[LiH]. The fraction of sp³-hybridized carbons (Fsp3) is 0. The Balaban J connectivity index is -0.0000000267. The second kappa shape index (κ2) is 9.62. The van der Waals surface area contributed by atoms with Crippen molar-refractivity contribution in [2.45, 2.75) is 0 Å². The van der Waals surface area contributed by atoms with Crippen LogP contribution in [0.25, 0.3) is 0 Å². The van der Waals surface area contributed by atoms with Gasteiger partial charge in [0.25, 0.3) is 0 Å². The molecule has 0 aliphatic carbocycles. The van der Waals surface area contributed by atoms with Crippen molar-refractivity contribution in [3.05, 3.63) is 0 Å². The molecule has 0 fully saturated rings. The van der Waals surface area contributed by atoms with E-state index in [1.54, 1.807) is 0 Å². The summed E-state index contributed by atoms with van der Waals surface area (Å²) in [5.74, 6) is 0. The molecule has 0 unspecified atom stereocenters. The fourth-order valence-electron chi connectivity index (χ4n) is 0. The molecule has 44 valence electrons. The molecule has 0 aromatic heterocycles. The molecular formula is H7AlCeLiO4P. The first-order valence-corrected chi connectivity index (χ1v) is 2.35. The molecule has 0 aliphatic heterocycles. The molecular weight excluding hydrogens is 269 g/mol. The first-order chi connectivity index (χ1) is 2.00. The van der Waals surface area contributed by atoms with Crippen LogP contribution in [0.3, 0.4) is 0 Å². The molecule has 0 spiro atoms. The molecule has 8 heavy (non-hydrogen) atoms. The standard InChI is InChI=1S/Al.Ce.Li.H3O4P.4H/c;;;1-5(2,3)4;;;;/h;;;(H3,1,2,3,4);;;;. The van der Waals surface area contributed by atoms with Crippen LogP contribution >= 0.6 is 7.82 Å². The summed E-state index contributed by atoms with van der Waals surface area (Å²) in [6.07, 6.45) is 0. The van der Waals surface area contributed by atoms with E-state index in [1.807, 2.05) is 0 Å². The van der Waals surface area contributed by atoms with Gasteiger partial charge in [-0.1, -0.05) is 0 Å². The van der Waals surface area contributed by atoms with Gasteiger partial charge in [-0.05, 0) is 0 Å². The topological polar surface area (TPSA) is 77.8 Å². The minimum atomic E-state index is -4.64. The number of phosphoric acid groups is 1. The molecule has 8 heteroatoms. The third-order valence-electron chi connectivity index (χ3n) is 0. The van der Waals surface area contributed by atoms with Gasteiger partial charge in [0, 0.05) is 41.7 Å². The molecule has 0 bridgehead atoms. The molecule has 0 heterocycles. The minimum absolute atomic E-state index is 0. The number of rotatable bonds is 0. The quantitative estimate of drug-likeness (QED) is 0.331. The molecule has 0 saturated carbocycles. The molecule has 0 radical (unpaired) electrons. The van der Waals surface area contributed by atoms with Crippen molar-refractivity contribution < 1.29 is 61.0 Å². The average Bonchev–Trinajstić information content (AvgIpc) is 0.722. The predicted molar refractivity (Wildman–Crippen MR) is 31.4 cm³/mol. The molecule has 0 aromatic carbocycles. The Hall–Kier alpha value is 2.62. The van der Waals surface area contributed by atoms with Gasteiger partial charge in [-0.2, -0.15) is 0 Å². The van der Waals surface area contributed by atoms with Crippen LogP contribution in [0.4, 0.5) is 0 Å². The van der Waals surface area contributed by atoms with E-state index >= 15 is 0 Å². The van der Waals surface area contributed by atoms with Gasteiger partial charge in [0.2, 0.25) is 0 Å². The van der Waals surface area contributed by atoms with Gasteiger partial charge in [-0.25, -0.2) is 4.57 Å². The second-order valence-electron chi connectivity index (χ2n) is 0.513. The average molecular weight is 276 g/mol. The Labute approximate surface area is 103 Å².